The van der Waals surface area contributed by atoms with Crippen LogP contribution in [0.4, 0.5) is 11.4 Å². The molecule has 0 saturated heterocycles. The van der Waals surface area contributed by atoms with Gasteiger partial charge in [-0.3, -0.25) is 9.67 Å². The smallest absolute Gasteiger partial charge is 0.337 e. The van der Waals surface area contributed by atoms with Crippen LogP contribution < -0.4 is 24.4 Å². The Hall–Kier alpha value is -5.16. The van der Waals surface area contributed by atoms with E-state index in [1.165, 1.54) is 7.11 Å². The SMILES string of the molecule is COC(=O)c1ccc(OCCCCn2cc(-c3cnc4ccc(N(CCNC(C)C)c5cc(OC)cc(OC)c5)cc4n3)cn2)cc1. The number of benzene rings is 3. The van der Waals surface area contributed by atoms with Crippen LogP contribution in [0, 0.1) is 0 Å². The molecule has 5 aromatic rings. The number of aryl methyl sites for hydroxylation is 1. The summed E-state index contributed by atoms with van der Waals surface area (Å²) >= 11 is 0. The minimum absolute atomic E-state index is 0.364. The largest absolute Gasteiger partial charge is 0.497 e. The molecule has 0 bridgehead atoms. The standard InChI is InChI=1S/C36H42N6O5/c1-25(2)37-14-16-42(29-18-31(44-3)21-32(19-29)45-4)28-10-13-33-34(20-28)40-35(23-38-33)27-22-39-41(24-27)15-6-7-17-47-30-11-8-26(9-12-30)36(43)46-5/h8-13,18-25,37H,6-7,14-17H2,1-5H3. The molecule has 0 radical (unpaired) electrons. The predicted octanol–water partition coefficient (Wildman–Crippen LogP) is 6.29. The molecule has 0 unspecified atom stereocenters. The molecule has 11 heteroatoms. The number of ether oxygens (including phenoxy) is 4. The molecule has 1 N–H and O–H groups in total. The zero-order chi connectivity index (χ0) is 33.2. The zero-order valence-corrected chi connectivity index (χ0v) is 27.6. The van der Waals surface area contributed by atoms with Gasteiger partial charge in [-0.2, -0.15) is 5.10 Å². The van der Waals surface area contributed by atoms with Crippen molar-refractivity contribution in [3.05, 3.63) is 84.8 Å². The molecule has 2 heterocycles. The summed E-state index contributed by atoms with van der Waals surface area (Å²) in [6.07, 6.45) is 7.36. The second kappa shape index (κ2) is 15.9. The van der Waals surface area contributed by atoms with Gasteiger partial charge >= 0.3 is 5.97 Å². The van der Waals surface area contributed by atoms with Crippen molar-refractivity contribution in [1.29, 1.82) is 0 Å². The van der Waals surface area contributed by atoms with Crippen molar-refractivity contribution < 1.29 is 23.7 Å². The number of aromatic nitrogens is 4. The van der Waals surface area contributed by atoms with E-state index in [4.69, 9.17) is 28.9 Å². The van der Waals surface area contributed by atoms with Gasteiger partial charge in [-0.1, -0.05) is 13.8 Å². The lowest BCUT2D eigenvalue weighted by atomic mass is 10.2. The molecule has 0 aliphatic heterocycles. The second-order valence-electron chi connectivity index (χ2n) is 11.3. The van der Waals surface area contributed by atoms with Crippen LogP contribution in [0.5, 0.6) is 17.2 Å². The van der Waals surface area contributed by atoms with Gasteiger partial charge in [0.05, 0.1) is 62.6 Å². The van der Waals surface area contributed by atoms with Crippen LogP contribution in [0.1, 0.15) is 37.0 Å². The maximum Gasteiger partial charge on any atom is 0.337 e. The van der Waals surface area contributed by atoms with Crippen LogP contribution in [0.25, 0.3) is 22.3 Å². The number of esters is 1. The topological polar surface area (TPSA) is 113 Å². The molecule has 47 heavy (non-hydrogen) atoms. The third-order valence-corrected chi connectivity index (χ3v) is 7.63. The number of nitrogens with one attached hydrogen (secondary N) is 1. The zero-order valence-electron chi connectivity index (χ0n) is 27.6. The van der Waals surface area contributed by atoms with E-state index >= 15 is 0 Å². The molecule has 0 fully saturated rings. The lowest BCUT2D eigenvalue weighted by molar-refractivity contribution is 0.0600. The fourth-order valence-corrected chi connectivity index (χ4v) is 5.12. The van der Waals surface area contributed by atoms with Crippen LogP contribution in [0.3, 0.4) is 0 Å². The van der Waals surface area contributed by atoms with E-state index in [9.17, 15) is 4.79 Å². The van der Waals surface area contributed by atoms with E-state index < -0.39 is 0 Å². The number of nitrogens with zero attached hydrogens (tertiary/aromatic N) is 5. The van der Waals surface area contributed by atoms with Gasteiger partial charge in [0.1, 0.15) is 17.2 Å². The normalized spacial score (nSPS) is 11.1. The van der Waals surface area contributed by atoms with E-state index in [0.29, 0.717) is 18.2 Å². The number of carbonyl (C=O) groups excluding carboxylic acids is 1. The minimum atomic E-state index is -0.364. The van der Waals surface area contributed by atoms with Crippen LogP contribution in [0.2, 0.25) is 0 Å². The number of hydrogen-bond acceptors (Lipinski definition) is 10. The van der Waals surface area contributed by atoms with Crippen LogP contribution in [-0.4, -0.2) is 72.8 Å². The third kappa shape index (κ3) is 8.76. The van der Waals surface area contributed by atoms with Crippen molar-refractivity contribution in [2.75, 3.05) is 45.9 Å². The van der Waals surface area contributed by atoms with Crippen molar-refractivity contribution >= 4 is 28.4 Å². The van der Waals surface area contributed by atoms with Crippen molar-refractivity contribution in [2.24, 2.45) is 0 Å². The Bertz CT molecular complexity index is 1750. The Kier molecular flexibility index (Phi) is 11.2. The van der Waals surface area contributed by atoms with E-state index in [0.717, 1.165) is 83.4 Å². The molecular formula is C36H42N6O5. The van der Waals surface area contributed by atoms with Crippen LogP contribution >= 0.6 is 0 Å². The Morgan fingerprint density at radius 3 is 2.34 bits per heavy atom. The summed E-state index contributed by atoms with van der Waals surface area (Å²) in [6, 6.07) is 19.3. The molecule has 0 spiro atoms. The van der Waals surface area contributed by atoms with Gasteiger partial charge in [0, 0.05) is 67.0 Å². The molecule has 11 nitrogen and oxygen atoms in total. The van der Waals surface area contributed by atoms with Gasteiger partial charge < -0.3 is 29.2 Å². The van der Waals surface area contributed by atoms with Crippen molar-refractivity contribution in [3.8, 4) is 28.5 Å². The van der Waals surface area contributed by atoms with Crippen molar-refractivity contribution in [2.45, 2.75) is 39.3 Å². The van der Waals surface area contributed by atoms with Crippen LogP contribution in [0.15, 0.2) is 79.3 Å². The molecule has 5 rings (SSSR count). The highest BCUT2D eigenvalue weighted by Crippen LogP contribution is 2.34. The first kappa shape index (κ1) is 33.2. The summed E-state index contributed by atoms with van der Waals surface area (Å²) in [6.45, 7) is 7.11. The Balaban J connectivity index is 1.26. The summed E-state index contributed by atoms with van der Waals surface area (Å²) < 4.78 is 23.6. The molecule has 0 saturated carbocycles. The van der Waals surface area contributed by atoms with Crippen LogP contribution in [-0.2, 0) is 11.3 Å². The molecule has 0 amide bonds. The summed E-state index contributed by atoms with van der Waals surface area (Å²) in [5, 5.41) is 8.07. The Labute approximate surface area is 275 Å². The van der Waals surface area contributed by atoms with E-state index in [1.54, 1.807) is 44.7 Å². The number of rotatable bonds is 16. The number of hydrogen-bond donors (Lipinski definition) is 1. The quantitative estimate of drug-likeness (QED) is 0.0977. The molecule has 0 aliphatic carbocycles. The Morgan fingerprint density at radius 2 is 1.64 bits per heavy atom. The maximum absolute atomic E-state index is 11.6. The highest BCUT2D eigenvalue weighted by Gasteiger charge is 2.15. The molecule has 0 atom stereocenters. The number of carbonyl (C=O) groups is 1. The van der Waals surface area contributed by atoms with Gasteiger partial charge in [-0.25, -0.2) is 9.78 Å². The summed E-state index contributed by atoms with van der Waals surface area (Å²) in [5.74, 6) is 1.80. The number of unbranched alkanes of at least 4 members (excludes halogenated alkanes) is 1. The predicted molar refractivity (Wildman–Crippen MR) is 183 cm³/mol. The van der Waals surface area contributed by atoms with E-state index in [1.807, 2.05) is 41.3 Å². The lowest BCUT2D eigenvalue weighted by Crippen LogP contribution is -2.32. The number of methoxy groups -OCH3 is 3. The van der Waals surface area contributed by atoms with Gasteiger partial charge in [0.25, 0.3) is 0 Å². The highest BCUT2D eigenvalue weighted by atomic mass is 16.5. The fourth-order valence-electron chi connectivity index (χ4n) is 5.12. The van der Waals surface area contributed by atoms with Gasteiger partial charge in [0.2, 0.25) is 0 Å². The first-order chi connectivity index (χ1) is 22.9. The minimum Gasteiger partial charge on any atom is -0.497 e. The highest BCUT2D eigenvalue weighted by molar-refractivity contribution is 5.89. The van der Waals surface area contributed by atoms with Crippen molar-refractivity contribution in [1.82, 2.24) is 25.1 Å². The molecular weight excluding hydrogens is 596 g/mol. The maximum atomic E-state index is 11.6. The molecule has 246 valence electrons. The summed E-state index contributed by atoms with van der Waals surface area (Å²) in [4.78, 5) is 23.5. The number of fused-ring (bicyclic) bond motifs is 1. The average Bonchev–Trinajstić information content (AvgIpc) is 3.58. The van der Waals surface area contributed by atoms with Gasteiger partial charge in [0.15, 0.2) is 0 Å². The van der Waals surface area contributed by atoms with Gasteiger partial charge in [-0.05, 0) is 55.3 Å². The van der Waals surface area contributed by atoms with Crippen molar-refractivity contribution in [3.63, 3.8) is 0 Å². The molecule has 0 aliphatic rings. The van der Waals surface area contributed by atoms with Gasteiger partial charge in [-0.15, -0.1) is 0 Å². The number of anilines is 2. The average molecular weight is 639 g/mol. The summed E-state index contributed by atoms with van der Waals surface area (Å²) in [5.41, 5.74) is 5.71. The lowest BCUT2D eigenvalue weighted by Gasteiger charge is -2.27. The fraction of sp³-hybridized carbons (Fsp3) is 0.333. The molecule has 3 aromatic carbocycles. The first-order valence-electron chi connectivity index (χ1n) is 15.7. The van der Waals surface area contributed by atoms with E-state index in [-0.39, 0.29) is 5.97 Å². The second-order valence-corrected chi connectivity index (χ2v) is 11.3. The molecule has 2 aromatic heterocycles. The Morgan fingerprint density at radius 1 is 0.872 bits per heavy atom. The van der Waals surface area contributed by atoms with E-state index in [2.05, 4.69) is 41.3 Å². The monoisotopic (exact) mass is 638 g/mol. The first-order valence-corrected chi connectivity index (χ1v) is 15.7. The third-order valence-electron chi connectivity index (χ3n) is 7.63. The summed E-state index contributed by atoms with van der Waals surface area (Å²) in [7, 11) is 4.68.